The molecule has 0 saturated carbocycles. The zero-order chi connectivity index (χ0) is 15.5. The molecule has 0 saturated heterocycles. The number of rotatable bonds is 5. The molecule has 0 N–H and O–H groups in total. The van der Waals surface area contributed by atoms with Gasteiger partial charge in [0.25, 0.3) is 9.05 Å². The maximum atomic E-state index is 11.6. The number of hydrogen-bond acceptors (Lipinski definition) is 4. The van der Waals surface area contributed by atoms with E-state index in [2.05, 4.69) is 5.10 Å². The van der Waals surface area contributed by atoms with Crippen LogP contribution in [0.4, 0.5) is 0 Å². The molecule has 0 spiro atoms. The van der Waals surface area contributed by atoms with E-state index < -0.39 is 9.05 Å². The quantitative estimate of drug-likeness (QED) is 0.793. The van der Waals surface area contributed by atoms with E-state index in [0.717, 1.165) is 12.0 Å². The van der Waals surface area contributed by atoms with E-state index in [0.29, 0.717) is 18.7 Å². The van der Waals surface area contributed by atoms with Crippen LogP contribution in [0.25, 0.3) is 0 Å². The van der Waals surface area contributed by atoms with Gasteiger partial charge in [0, 0.05) is 17.2 Å². The monoisotopic (exact) mass is 323 g/mol. The molecule has 0 aliphatic heterocycles. The summed E-state index contributed by atoms with van der Waals surface area (Å²) < 4.78 is 24.6. The van der Waals surface area contributed by atoms with E-state index in [1.165, 1.54) is 4.68 Å². The smallest absolute Gasteiger partial charge is 0.252 e. The fraction of sp³-hybridized carbons (Fsp3) is 0.286. The molecule has 5 nitrogen and oxygen atoms in total. The van der Waals surface area contributed by atoms with Crippen LogP contribution in [0.2, 0.25) is 0 Å². The van der Waals surface area contributed by atoms with E-state index in [9.17, 15) is 8.42 Å². The molecule has 1 aromatic carbocycles. The van der Waals surface area contributed by atoms with Crippen molar-refractivity contribution in [3.05, 3.63) is 47.2 Å². The predicted octanol–water partition coefficient (Wildman–Crippen LogP) is 2.62. The summed E-state index contributed by atoms with van der Waals surface area (Å²) >= 11 is 0. The van der Waals surface area contributed by atoms with Crippen LogP contribution < -0.4 is 0 Å². The summed E-state index contributed by atoms with van der Waals surface area (Å²) in [7, 11) is 1.42. The van der Waals surface area contributed by atoms with Crippen LogP contribution in [-0.2, 0) is 22.0 Å². The van der Waals surface area contributed by atoms with Crippen molar-refractivity contribution >= 4 is 19.7 Å². The van der Waals surface area contributed by atoms with E-state index >= 15 is 0 Å². The molecule has 2 aromatic rings. The molecule has 110 valence electrons. The molecule has 21 heavy (non-hydrogen) atoms. The predicted molar refractivity (Wildman–Crippen MR) is 79.5 cm³/mol. The first kappa shape index (κ1) is 15.5. The Balaban J connectivity index is 2.20. The molecule has 0 fully saturated rings. The Labute approximate surface area is 128 Å². The first-order chi connectivity index (χ1) is 9.93. The number of aryl methyl sites for hydroxylation is 3. The molecule has 2 rings (SSSR count). The Kier molecular flexibility index (Phi) is 4.66. The van der Waals surface area contributed by atoms with Gasteiger partial charge in [-0.2, -0.15) is 10.4 Å². The van der Waals surface area contributed by atoms with Crippen LogP contribution in [0.5, 0.6) is 0 Å². The number of aromatic nitrogens is 2. The minimum absolute atomic E-state index is 0.0183. The summed E-state index contributed by atoms with van der Waals surface area (Å²) in [6.07, 6.45) is 1.50. The topological polar surface area (TPSA) is 75.8 Å². The first-order valence-corrected chi connectivity index (χ1v) is 8.70. The average Bonchev–Trinajstić information content (AvgIpc) is 2.76. The lowest BCUT2D eigenvalue weighted by Gasteiger charge is -2.05. The maximum absolute atomic E-state index is 11.6. The fourth-order valence-electron chi connectivity index (χ4n) is 2.17. The summed E-state index contributed by atoms with van der Waals surface area (Å²) in [4.78, 5) is 0. The number of halogens is 1. The van der Waals surface area contributed by atoms with Crippen LogP contribution in [0, 0.1) is 18.3 Å². The van der Waals surface area contributed by atoms with Gasteiger partial charge in [-0.05, 0) is 25.3 Å². The molecule has 1 aromatic heterocycles. The van der Waals surface area contributed by atoms with Crippen LogP contribution in [0.1, 0.15) is 23.2 Å². The van der Waals surface area contributed by atoms with Crippen molar-refractivity contribution in [3.63, 3.8) is 0 Å². The number of nitrogens with zero attached hydrogens (tertiary/aromatic N) is 3. The van der Waals surface area contributed by atoms with Crippen LogP contribution in [0.3, 0.4) is 0 Å². The standard InChI is InChI=1S/C14H14ClN3O2S/c1-11-13(10-16)14(21(15,19)20)18(17-11)9-5-8-12-6-3-2-4-7-12/h2-4,6-7H,5,8-9H2,1H3. The van der Waals surface area contributed by atoms with Gasteiger partial charge in [-0.25, -0.2) is 8.42 Å². The molecular weight excluding hydrogens is 310 g/mol. The van der Waals surface area contributed by atoms with Crippen molar-refractivity contribution in [2.45, 2.75) is 31.3 Å². The average molecular weight is 324 g/mol. The molecule has 0 radical (unpaired) electrons. The molecule has 0 aliphatic rings. The van der Waals surface area contributed by atoms with E-state index in [4.69, 9.17) is 15.9 Å². The van der Waals surface area contributed by atoms with Crippen molar-refractivity contribution in [2.24, 2.45) is 0 Å². The van der Waals surface area contributed by atoms with Crippen molar-refractivity contribution in [1.82, 2.24) is 9.78 Å². The summed E-state index contributed by atoms with van der Waals surface area (Å²) in [5.41, 5.74) is 1.55. The normalized spacial score (nSPS) is 11.3. The minimum atomic E-state index is -4.00. The van der Waals surface area contributed by atoms with E-state index in [-0.39, 0.29) is 10.6 Å². The van der Waals surface area contributed by atoms with Gasteiger partial charge >= 0.3 is 0 Å². The molecule has 0 atom stereocenters. The van der Waals surface area contributed by atoms with Crippen LogP contribution >= 0.6 is 10.7 Å². The summed E-state index contributed by atoms with van der Waals surface area (Å²) in [5.74, 6) is 0. The second-order valence-corrected chi connectivity index (χ2v) is 7.11. The SMILES string of the molecule is Cc1nn(CCCc2ccccc2)c(S(=O)(=O)Cl)c1C#N. The molecule has 0 amide bonds. The Morgan fingerprint density at radius 2 is 2.00 bits per heavy atom. The third-order valence-electron chi connectivity index (χ3n) is 3.10. The molecule has 0 unspecified atom stereocenters. The maximum Gasteiger partial charge on any atom is 0.279 e. The van der Waals surface area contributed by atoms with Gasteiger partial charge in [-0.3, -0.25) is 4.68 Å². The first-order valence-electron chi connectivity index (χ1n) is 6.39. The van der Waals surface area contributed by atoms with Gasteiger partial charge in [0.1, 0.15) is 11.6 Å². The van der Waals surface area contributed by atoms with Gasteiger partial charge < -0.3 is 0 Å². The highest BCUT2D eigenvalue weighted by Gasteiger charge is 2.25. The number of nitriles is 1. The zero-order valence-electron chi connectivity index (χ0n) is 11.5. The summed E-state index contributed by atoms with van der Waals surface area (Å²) in [5, 5.41) is 13.0. The lowest BCUT2D eigenvalue weighted by Crippen LogP contribution is -2.09. The zero-order valence-corrected chi connectivity index (χ0v) is 13.0. The Morgan fingerprint density at radius 1 is 1.33 bits per heavy atom. The van der Waals surface area contributed by atoms with Crippen molar-refractivity contribution in [1.29, 1.82) is 5.26 Å². The lowest BCUT2D eigenvalue weighted by molar-refractivity contribution is 0.520. The highest BCUT2D eigenvalue weighted by Crippen LogP contribution is 2.22. The third-order valence-corrected chi connectivity index (χ3v) is 4.42. The Hall–Kier alpha value is -1.84. The molecule has 0 bridgehead atoms. The molecule has 7 heteroatoms. The Bertz CT molecular complexity index is 777. The number of hydrogen-bond donors (Lipinski definition) is 0. The van der Waals surface area contributed by atoms with Crippen LogP contribution in [-0.4, -0.2) is 18.2 Å². The number of benzene rings is 1. The minimum Gasteiger partial charge on any atom is -0.252 e. The second kappa shape index (κ2) is 6.29. The summed E-state index contributed by atoms with van der Waals surface area (Å²) in [6.45, 7) is 1.98. The van der Waals surface area contributed by atoms with Crippen molar-refractivity contribution in [2.75, 3.05) is 0 Å². The van der Waals surface area contributed by atoms with Gasteiger partial charge in [0.05, 0.1) is 5.69 Å². The molecule has 1 heterocycles. The van der Waals surface area contributed by atoms with Crippen molar-refractivity contribution < 1.29 is 8.42 Å². The van der Waals surface area contributed by atoms with Gasteiger partial charge in [0.2, 0.25) is 0 Å². The van der Waals surface area contributed by atoms with Crippen LogP contribution in [0.15, 0.2) is 35.4 Å². The largest absolute Gasteiger partial charge is 0.279 e. The Morgan fingerprint density at radius 3 is 2.57 bits per heavy atom. The molecular formula is C14H14ClN3O2S. The lowest BCUT2D eigenvalue weighted by atomic mass is 10.1. The fourth-order valence-corrected chi connectivity index (χ4v) is 3.46. The van der Waals surface area contributed by atoms with Gasteiger partial charge in [0.15, 0.2) is 5.03 Å². The molecule has 0 aliphatic carbocycles. The summed E-state index contributed by atoms with van der Waals surface area (Å²) in [6, 6.07) is 11.7. The van der Waals surface area contributed by atoms with Gasteiger partial charge in [-0.1, -0.05) is 30.3 Å². The van der Waals surface area contributed by atoms with Gasteiger partial charge in [-0.15, -0.1) is 0 Å². The highest BCUT2D eigenvalue weighted by molar-refractivity contribution is 8.13. The van der Waals surface area contributed by atoms with Crippen molar-refractivity contribution in [3.8, 4) is 6.07 Å². The second-order valence-electron chi connectivity index (χ2n) is 4.63. The highest BCUT2D eigenvalue weighted by atomic mass is 35.7. The third kappa shape index (κ3) is 3.63. The van der Waals surface area contributed by atoms with E-state index in [1.54, 1.807) is 6.92 Å². The van der Waals surface area contributed by atoms with E-state index in [1.807, 2.05) is 36.4 Å².